The van der Waals surface area contributed by atoms with E-state index < -0.39 is 21.2 Å². The molecule has 2 amide bonds. The third kappa shape index (κ3) is 7.85. The van der Waals surface area contributed by atoms with Gasteiger partial charge in [0.25, 0.3) is 5.91 Å². The first kappa shape index (κ1) is 32.7. The summed E-state index contributed by atoms with van der Waals surface area (Å²) in [5, 5.41) is 3.77. The minimum atomic E-state index is -3.52. The SMILES string of the molecule is CS(=O)(=O)c1ccc2oc(C(=O)N[C@H](C=C3CCC(c4ccccc4CN4CCCC4=O)CC3)Cc3ccc(Cl)cc3)cc(=O)c2c1. The monoisotopic (exact) mass is 672 g/mol. The summed E-state index contributed by atoms with van der Waals surface area (Å²) in [6, 6.07) is 20.7. The molecular formula is C37H37ClN2O6S. The Kier molecular flexibility index (Phi) is 9.66. The van der Waals surface area contributed by atoms with Crippen LogP contribution in [-0.4, -0.2) is 44.0 Å². The zero-order valence-corrected chi connectivity index (χ0v) is 27.8. The van der Waals surface area contributed by atoms with Gasteiger partial charge in [0.2, 0.25) is 5.91 Å². The molecule has 3 aromatic carbocycles. The molecule has 1 N–H and O–H groups in total. The van der Waals surface area contributed by atoms with E-state index in [9.17, 15) is 22.8 Å². The van der Waals surface area contributed by atoms with Crippen LogP contribution < -0.4 is 10.7 Å². The lowest BCUT2D eigenvalue weighted by molar-refractivity contribution is -0.128. The van der Waals surface area contributed by atoms with Crippen LogP contribution in [0, 0.1) is 0 Å². The molecule has 1 aliphatic heterocycles. The second-order valence-corrected chi connectivity index (χ2v) is 15.0. The van der Waals surface area contributed by atoms with E-state index in [4.69, 9.17) is 16.0 Å². The standard InChI is InChI=1S/C37H37ClN2O6S/c1-47(44,45)30-16-17-34-32(21-30)33(41)22-35(46-34)37(43)39-29(20-25-10-14-28(38)15-11-25)19-24-8-12-26(13-9-24)31-6-3-2-5-27(31)23-40-18-4-7-36(40)42/h2-3,5-6,10-11,14-17,19,21-22,26,29H,4,7-9,12-13,18,20,23H2,1H3,(H,39,43)/t26?,29-/m1/s1. The summed E-state index contributed by atoms with van der Waals surface area (Å²) < 4.78 is 29.7. The Balaban J connectivity index is 1.20. The predicted octanol–water partition coefficient (Wildman–Crippen LogP) is 6.60. The summed E-state index contributed by atoms with van der Waals surface area (Å²) in [5.74, 6) is -0.0658. The molecule has 1 aromatic heterocycles. The van der Waals surface area contributed by atoms with E-state index in [1.54, 1.807) is 0 Å². The first-order valence-corrected chi connectivity index (χ1v) is 18.2. The maximum Gasteiger partial charge on any atom is 0.287 e. The minimum Gasteiger partial charge on any atom is -0.451 e. The van der Waals surface area contributed by atoms with Crippen LogP contribution in [-0.2, 0) is 27.6 Å². The fourth-order valence-electron chi connectivity index (χ4n) is 6.65. The van der Waals surface area contributed by atoms with Crippen molar-refractivity contribution in [2.75, 3.05) is 12.8 Å². The van der Waals surface area contributed by atoms with E-state index in [1.165, 1.54) is 34.9 Å². The topological polar surface area (TPSA) is 114 Å². The van der Waals surface area contributed by atoms with Crippen molar-refractivity contribution >= 4 is 44.2 Å². The normalized spacial score (nSPS) is 17.6. The van der Waals surface area contributed by atoms with Crippen LogP contribution in [0.4, 0.5) is 0 Å². The number of hydrogen-bond acceptors (Lipinski definition) is 6. The summed E-state index contributed by atoms with van der Waals surface area (Å²) in [7, 11) is -3.52. The van der Waals surface area contributed by atoms with Gasteiger partial charge in [-0.05, 0) is 91.5 Å². The fraction of sp³-hybridized carbons (Fsp3) is 0.324. The molecule has 0 unspecified atom stereocenters. The average molecular weight is 673 g/mol. The Bertz CT molecular complexity index is 2010. The van der Waals surface area contributed by atoms with Crippen molar-refractivity contribution in [3.63, 3.8) is 0 Å². The van der Waals surface area contributed by atoms with Gasteiger partial charge in [-0.2, -0.15) is 0 Å². The number of fused-ring (bicyclic) bond motifs is 1. The molecule has 47 heavy (non-hydrogen) atoms. The third-order valence-electron chi connectivity index (χ3n) is 9.13. The van der Waals surface area contributed by atoms with Gasteiger partial charge in [0.15, 0.2) is 21.0 Å². The molecule has 244 valence electrons. The van der Waals surface area contributed by atoms with Crippen molar-refractivity contribution in [3.05, 3.63) is 122 Å². The molecule has 8 nitrogen and oxygen atoms in total. The molecule has 1 atom stereocenters. The van der Waals surface area contributed by atoms with Gasteiger partial charge in [-0.25, -0.2) is 8.42 Å². The van der Waals surface area contributed by atoms with Crippen molar-refractivity contribution in [1.82, 2.24) is 10.2 Å². The highest BCUT2D eigenvalue weighted by Gasteiger charge is 2.26. The molecule has 10 heteroatoms. The van der Waals surface area contributed by atoms with E-state index in [0.717, 1.165) is 56.5 Å². The van der Waals surface area contributed by atoms with Crippen LogP contribution in [0.1, 0.15) is 71.7 Å². The molecular weight excluding hydrogens is 636 g/mol. The number of likely N-dealkylation sites (tertiary alicyclic amines) is 1. The molecule has 2 fully saturated rings. The highest BCUT2D eigenvalue weighted by atomic mass is 35.5. The van der Waals surface area contributed by atoms with Gasteiger partial charge >= 0.3 is 0 Å². The fourth-order valence-corrected chi connectivity index (χ4v) is 7.42. The van der Waals surface area contributed by atoms with Gasteiger partial charge in [0.05, 0.1) is 16.3 Å². The molecule has 0 radical (unpaired) electrons. The van der Waals surface area contributed by atoms with Gasteiger partial charge in [-0.1, -0.05) is 59.6 Å². The number of halogens is 1. The number of benzene rings is 3. The lowest BCUT2D eigenvalue weighted by atomic mass is 9.79. The van der Waals surface area contributed by atoms with Crippen LogP contribution in [0.15, 0.2) is 98.6 Å². The van der Waals surface area contributed by atoms with E-state index in [1.807, 2.05) is 35.2 Å². The van der Waals surface area contributed by atoms with Crippen molar-refractivity contribution < 1.29 is 22.4 Å². The highest BCUT2D eigenvalue weighted by molar-refractivity contribution is 7.90. The second kappa shape index (κ2) is 13.9. The number of hydrogen-bond donors (Lipinski definition) is 1. The van der Waals surface area contributed by atoms with Crippen molar-refractivity contribution in [2.24, 2.45) is 0 Å². The van der Waals surface area contributed by atoms with E-state index in [0.29, 0.717) is 30.3 Å². The Labute approximate surface area is 279 Å². The number of sulfone groups is 1. The summed E-state index contributed by atoms with van der Waals surface area (Å²) in [6.07, 6.45) is 8.94. The third-order valence-corrected chi connectivity index (χ3v) is 10.5. The molecule has 1 aliphatic carbocycles. The van der Waals surface area contributed by atoms with Gasteiger partial charge in [0.1, 0.15) is 5.58 Å². The van der Waals surface area contributed by atoms with Gasteiger partial charge in [-0.3, -0.25) is 14.4 Å². The van der Waals surface area contributed by atoms with Crippen LogP contribution in [0.25, 0.3) is 11.0 Å². The Hall–Kier alpha value is -4.21. The molecule has 0 bridgehead atoms. The van der Waals surface area contributed by atoms with Crippen LogP contribution in [0.5, 0.6) is 0 Å². The summed E-state index contributed by atoms with van der Waals surface area (Å²) >= 11 is 6.12. The predicted molar refractivity (Wildman–Crippen MR) is 182 cm³/mol. The van der Waals surface area contributed by atoms with Gasteiger partial charge < -0.3 is 14.6 Å². The minimum absolute atomic E-state index is 0.00376. The highest BCUT2D eigenvalue weighted by Crippen LogP contribution is 2.37. The Morgan fingerprint density at radius 1 is 1.02 bits per heavy atom. The number of carbonyl (C=O) groups is 2. The Morgan fingerprint density at radius 2 is 1.77 bits per heavy atom. The molecule has 1 saturated heterocycles. The first-order chi connectivity index (χ1) is 22.5. The maximum absolute atomic E-state index is 13.5. The van der Waals surface area contributed by atoms with Crippen molar-refractivity contribution in [1.29, 1.82) is 0 Å². The zero-order chi connectivity index (χ0) is 33.1. The number of amides is 2. The molecule has 4 aromatic rings. The van der Waals surface area contributed by atoms with Crippen LogP contribution in [0.3, 0.4) is 0 Å². The number of carbonyl (C=O) groups excluding carboxylic acids is 2. The molecule has 6 rings (SSSR count). The van der Waals surface area contributed by atoms with E-state index >= 15 is 0 Å². The number of allylic oxidation sites excluding steroid dienone is 1. The Morgan fingerprint density at radius 3 is 2.47 bits per heavy atom. The summed E-state index contributed by atoms with van der Waals surface area (Å²) in [4.78, 5) is 40.6. The second-order valence-electron chi connectivity index (χ2n) is 12.5. The summed E-state index contributed by atoms with van der Waals surface area (Å²) in [6.45, 7) is 1.48. The van der Waals surface area contributed by atoms with Crippen molar-refractivity contribution in [2.45, 2.75) is 68.3 Å². The largest absolute Gasteiger partial charge is 0.451 e. The van der Waals surface area contributed by atoms with Crippen LogP contribution >= 0.6 is 11.6 Å². The summed E-state index contributed by atoms with van der Waals surface area (Å²) in [5.41, 5.74) is 4.41. The van der Waals surface area contributed by atoms with Gasteiger partial charge in [0, 0.05) is 36.9 Å². The van der Waals surface area contributed by atoms with Crippen molar-refractivity contribution in [3.8, 4) is 0 Å². The number of nitrogens with zero attached hydrogens (tertiary/aromatic N) is 1. The van der Waals surface area contributed by atoms with E-state index in [2.05, 4.69) is 29.6 Å². The van der Waals surface area contributed by atoms with Gasteiger partial charge in [-0.15, -0.1) is 0 Å². The molecule has 2 heterocycles. The molecule has 1 saturated carbocycles. The lowest BCUT2D eigenvalue weighted by Gasteiger charge is -2.28. The maximum atomic E-state index is 13.5. The number of rotatable bonds is 9. The molecule has 2 aliphatic rings. The molecule has 0 spiro atoms. The van der Waals surface area contributed by atoms with E-state index in [-0.39, 0.29) is 33.6 Å². The quantitative estimate of drug-likeness (QED) is 0.201. The number of nitrogens with one attached hydrogen (secondary N) is 1. The first-order valence-electron chi connectivity index (χ1n) is 15.9. The lowest BCUT2D eigenvalue weighted by Crippen LogP contribution is -2.36. The smallest absolute Gasteiger partial charge is 0.287 e. The van der Waals surface area contributed by atoms with Crippen LogP contribution in [0.2, 0.25) is 5.02 Å². The average Bonchev–Trinajstić information content (AvgIpc) is 3.45. The zero-order valence-electron chi connectivity index (χ0n) is 26.2.